The third kappa shape index (κ3) is 1.91. The molecule has 3 fully saturated rings. The summed E-state index contributed by atoms with van der Waals surface area (Å²) in [6.45, 7) is 3.84. The van der Waals surface area contributed by atoms with Crippen LogP contribution in [0.25, 0.3) is 0 Å². The molecule has 0 aromatic heterocycles. The second-order valence-corrected chi connectivity index (χ2v) is 7.06. The Morgan fingerprint density at radius 3 is 2.43 bits per heavy atom. The van der Waals surface area contributed by atoms with Crippen LogP contribution in [0.15, 0.2) is 24.3 Å². The number of ether oxygens (including phenoxy) is 4. The molecule has 5 atom stereocenters. The number of fused-ring (bicyclic) bond motifs is 3. The highest BCUT2D eigenvalue weighted by atomic mass is 16.8. The van der Waals surface area contributed by atoms with E-state index in [2.05, 4.69) is 0 Å². The smallest absolute Gasteiger partial charge is 0.523 e. The zero-order valence-electron chi connectivity index (χ0n) is 13.4. The van der Waals surface area contributed by atoms with Gasteiger partial charge in [0, 0.05) is 7.11 Å². The van der Waals surface area contributed by atoms with Crippen LogP contribution in [0.1, 0.15) is 20.3 Å². The highest BCUT2D eigenvalue weighted by molar-refractivity contribution is 6.51. The standard InChI is InChI=1S/C16H19BO6/c1-15(2)19-12-13(20-15)16(21-14(12)18-3)8-11(16)17-22-9-6-4-5-7-10(9)23-17/h4-7,11-14H,8H2,1-3H3/t11?,12?,13?,14-,16+/m1/s1. The molecule has 3 heterocycles. The molecule has 1 aliphatic carbocycles. The van der Waals surface area contributed by atoms with Crippen molar-refractivity contribution in [2.24, 2.45) is 0 Å². The molecule has 6 nitrogen and oxygen atoms in total. The summed E-state index contributed by atoms with van der Waals surface area (Å²) in [6.07, 6.45) is 0.00857. The van der Waals surface area contributed by atoms with Crippen molar-refractivity contribution in [2.75, 3.05) is 7.11 Å². The number of rotatable bonds is 2. The minimum atomic E-state index is -0.629. The maximum Gasteiger partial charge on any atom is 0.601 e. The van der Waals surface area contributed by atoms with E-state index < -0.39 is 17.7 Å². The van der Waals surface area contributed by atoms with Crippen molar-refractivity contribution in [1.82, 2.24) is 0 Å². The normalized spacial score (nSPS) is 42.3. The zero-order valence-corrected chi connectivity index (χ0v) is 13.4. The summed E-state index contributed by atoms with van der Waals surface area (Å²) < 4.78 is 35.6. The molecule has 0 bridgehead atoms. The lowest BCUT2D eigenvalue weighted by Crippen LogP contribution is -2.37. The minimum absolute atomic E-state index is 0.0973. The fourth-order valence-electron chi connectivity index (χ4n) is 4.06. The quantitative estimate of drug-likeness (QED) is 0.777. The van der Waals surface area contributed by atoms with Gasteiger partial charge in [-0.25, -0.2) is 0 Å². The van der Waals surface area contributed by atoms with Crippen molar-refractivity contribution < 1.29 is 28.3 Å². The van der Waals surface area contributed by atoms with Crippen LogP contribution < -0.4 is 9.31 Å². The predicted octanol–water partition coefficient (Wildman–Crippen LogP) is 1.98. The van der Waals surface area contributed by atoms with E-state index >= 15 is 0 Å². The summed E-state index contributed by atoms with van der Waals surface area (Å²) in [5.41, 5.74) is -0.453. The van der Waals surface area contributed by atoms with Gasteiger partial charge in [-0.2, -0.15) is 0 Å². The molecule has 2 saturated heterocycles. The molecule has 1 aromatic rings. The average molecular weight is 318 g/mol. The number of benzene rings is 1. The summed E-state index contributed by atoms with van der Waals surface area (Å²) in [7, 11) is 1.28. The minimum Gasteiger partial charge on any atom is -0.523 e. The van der Waals surface area contributed by atoms with E-state index in [9.17, 15) is 0 Å². The topological polar surface area (TPSA) is 55.4 Å². The van der Waals surface area contributed by atoms with Gasteiger partial charge in [-0.1, -0.05) is 12.1 Å². The number of hydrogen-bond donors (Lipinski definition) is 0. The van der Waals surface area contributed by atoms with E-state index in [0.29, 0.717) is 0 Å². The molecule has 1 aromatic carbocycles. The predicted molar refractivity (Wildman–Crippen MR) is 80.3 cm³/mol. The SMILES string of the molecule is CO[C@@H]1O[C@]2(CC2B2Oc3ccccc3O2)C2OC(C)(C)OC21. The summed E-state index contributed by atoms with van der Waals surface area (Å²) >= 11 is 0. The molecule has 7 heteroatoms. The first-order valence-electron chi connectivity index (χ1n) is 8.01. The van der Waals surface area contributed by atoms with Gasteiger partial charge in [0.25, 0.3) is 0 Å². The van der Waals surface area contributed by atoms with Crippen molar-refractivity contribution in [1.29, 1.82) is 0 Å². The van der Waals surface area contributed by atoms with Crippen molar-refractivity contribution in [3.8, 4) is 11.5 Å². The lowest BCUT2D eigenvalue weighted by atomic mass is 9.79. The number of methoxy groups -OCH3 is 1. The molecule has 0 radical (unpaired) electrons. The van der Waals surface area contributed by atoms with Crippen molar-refractivity contribution in [3.63, 3.8) is 0 Å². The molecule has 122 valence electrons. The fourth-order valence-corrected chi connectivity index (χ4v) is 4.06. The van der Waals surface area contributed by atoms with E-state index in [1.54, 1.807) is 7.11 Å². The molecule has 0 amide bonds. The largest absolute Gasteiger partial charge is 0.601 e. The molecule has 1 spiro atoms. The number of para-hydroxylation sites is 2. The Hall–Kier alpha value is -1.28. The Morgan fingerprint density at radius 1 is 1.09 bits per heavy atom. The van der Waals surface area contributed by atoms with Gasteiger partial charge in [-0.15, -0.1) is 0 Å². The Balaban J connectivity index is 1.39. The van der Waals surface area contributed by atoms with Crippen LogP contribution in [0.4, 0.5) is 0 Å². The van der Waals surface area contributed by atoms with Crippen LogP contribution in [-0.4, -0.2) is 44.1 Å². The second-order valence-electron chi connectivity index (χ2n) is 7.06. The van der Waals surface area contributed by atoms with Crippen molar-refractivity contribution >= 4 is 7.12 Å². The van der Waals surface area contributed by atoms with Gasteiger partial charge in [0.2, 0.25) is 0 Å². The molecule has 23 heavy (non-hydrogen) atoms. The Morgan fingerprint density at radius 2 is 1.78 bits per heavy atom. The van der Waals surface area contributed by atoms with Gasteiger partial charge in [0.15, 0.2) is 12.1 Å². The monoisotopic (exact) mass is 318 g/mol. The first-order chi connectivity index (χ1) is 11.0. The van der Waals surface area contributed by atoms with Gasteiger partial charge >= 0.3 is 7.12 Å². The average Bonchev–Trinajstić information content (AvgIpc) is 2.80. The number of hydrogen-bond acceptors (Lipinski definition) is 6. The van der Waals surface area contributed by atoms with Crippen LogP contribution in [0.2, 0.25) is 5.82 Å². The lowest BCUT2D eigenvalue weighted by molar-refractivity contribution is -0.232. The van der Waals surface area contributed by atoms with Gasteiger partial charge in [0.1, 0.15) is 29.3 Å². The summed E-state index contributed by atoms with van der Waals surface area (Å²) in [4.78, 5) is 0. The Bertz CT molecular complexity index is 626. The third-order valence-corrected chi connectivity index (χ3v) is 5.12. The Labute approximate surface area is 135 Å². The molecule has 1 saturated carbocycles. The highest BCUT2D eigenvalue weighted by Gasteiger charge is 2.78. The van der Waals surface area contributed by atoms with Gasteiger partial charge in [0.05, 0.1) is 5.82 Å². The second kappa shape index (κ2) is 4.42. The van der Waals surface area contributed by atoms with Crippen LogP contribution in [0.3, 0.4) is 0 Å². The molecule has 5 rings (SSSR count). The van der Waals surface area contributed by atoms with Crippen LogP contribution >= 0.6 is 0 Å². The van der Waals surface area contributed by atoms with Crippen LogP contribution in [0.5, 0.6) is 11.5 Å². The van der Waals surface area contributed by atoms with E-state index in [4.69, 9.17) is 28.3 Å². The summed E-state index contributed by atoms with van der Waals surface area (Å²) in [5, 5.41) is 0. The summed E-state index contributed by atoms with van der Waals surface area (Å²) in [6, 6.07) is 7.71. The van der Waals surface area contributed by atoms with E-state index in [-0.39, 0.29) is 25.1 Å². The first-order valence-corrected chi connectivity index (χ1v) is 8.01. The third-order valence-electron chi connectivity index (χ3n) is 5.12. The van der Waals surface area contributed by atoms with Crippen LogP contribution in [-0.2, 0) is 18.9 Å². The maximum absolute atomic E-state index is 6.16. The van der Waals surface area contributed by atoms with Crippen molar-refractivity contribution in [2.45, 2.75) is 56.0 Å². The van der Waals surface area contributed by atoms with Crippen molar-refractivity contribution in [3.05, 3.63) is 24.3 Å². The highest BCUT2D eigenvalue weighted by Crippen LogP contribution is 2.65. The summed E-state index contributed by atoms with van der Waals surface area (Å²) in [5.74, 6) is 1.03. The van der Waals surface area contributed by atoms with E-state index in [1.165, 1.54) is 0 Å². The Kier molecular flexibility index (Phi) is 2.71. The molecule has 0 N–H and O–H groups in total. The maximum atomic E-state index is 6.16. The molecular weight excluding hydrogens is 299 g/mol. The zero-order chi connectivity index (χ0) is 15.8. The molecular formula is C16H19BO6. The van der Waals surface area contributed by atoms with Gasteiger partial charge in [-0.3, -0.25) is 0 Å². The lowest BCUT2D eigenvalue weighted by Gasteiger charge is -2.24. The van der Waals surface area contributed by atoms with Gasteiger partial charge in [-0.05, 0) is 32.4 Å². The van der Waals surface area contributed by atoms with E-state index in [0.717, 1.165) is 17.9 Å². The molecule has 4 aliphatic rings. The van der Waals surface area contributed by atoms with E-state index in [1.807, 2.05) is 38.1 Å². The fraction of sp³-hybridized carbons (Fsp3) is 0.625. The molecule has 3 aliphatic heterocycles. The van der Waals surface area contributed by atoms with Crippen LogP contribution in [0, 0.1) is 0 Å². The first kappa shape index (κ1) is 14.1. The molecule has 3 unspecified atom stereocenters. The van der Waals surface area contributed by atoms with Gasteiger partial charge < -0.3 is 28.3 Å².